The topological polar surface area (TPSA) is 74.7 Å². The van der Waals surface area contributed by atoms with Gasteiger partial charge in [-0.1, -0.05) is 12.1 Å². The second-order valence-electron chi connectivity index (χ2n) is 7.42. The summed E-state index contributed by atoms with van der Waals surface area (Å²) in [6, 6.07) is 6.46. The number of aryl methyl sites for hydroxylation is 1. The van der Waals surface area contributed by atoms with Gasteiger partial charge in [0, 0.05) is 37.8 Å². The van der Waals surface area contributed by atoms with Crippen molar-refractivity contribution in [3.05, 3.63) is 53.1 Å². The molecule has 0 fully saturated rings. The summed E-state index contributed by atoms with van der Waals surface area (Å²) in [4.78, 5) is 8.75. The van der Waals surface area contributed by atoms with Crippen molar-refractivity contribution < 1.29 is 36.5 Å². The van der Waals surface area contributed by atoms with Crippen LogP contribution in [0.3, 0.4) is 0 Å². The number of ether oxygens (including phenoxy) is 4. The highest BCUT2D eigenvalue weighted by atomic mass is 19.4. The molecule has 3 rings (SSSR count). The Morgan fingerprint density at radius 1 is 1.00 bits per heavy atom. The van der Waals surface area contributed by atoms with Crippen molar-refractivity contribution in [3.8, 4) is 11.5 Å². The molecule has 0 aliphatic heterocycles. The van der Waals surface area contributed by atoms with Gasteiger partial charge in [0.2, 0.25) is 0 Å². The first-order valence-corrected chi connectivity index (χ1v) is 10.3. The zero-order valence-electron chi connectivity index (χ0n) is 19.1. The minimum atomic E-state index is -4.79. The highest BCUT2D eigenvalue weighted by molar-refractivity contribution is 5.91. The minimum Gasteiger partial charge on any atom is -0.493 e. The van der Waals surface area contributed by atoms with Crippen LogP contribution in [0.15, 0.2) is 30.3 Å². The molecule has 34 heavy (non-hydrogen) atoms. The van der Waals surface area contributed by atoms with Gasteiger partial charge in [-0.3, -0.25) is 0 Å². The fraction of sp³-hybridized carbons (Fsp3) is 0.391. The van der Waals surface area contributed by atoms with Crippen molar-refractivity contribution in [2.45, 2.75) is 25.7 Å². The molecular weight excluding hydrogens is 458 g/mol. The van der Waals surface area contributed by atoms with E-state index < -0.39 is 23.7 Å². The van der Waals surface area contributed by atoms with Gasteiger partial charge >= 0.3 is 6.18 Å². The Morgan fingerprint density at radius 3 is 2.32 bits per heavy atom. The van der Waals surface area contributed by atoms with E-state index >= 15 is 0 Å². The molecule has 1 N–H and O–H groups in total. The van der Waals surface area contributed by atoms with Crippen molar-refractivity contribution in [3.63, 3.8) is 0 Å². The lowest BCUT2D eigenvalue weighted by Gasteiger charge is -2.20. The van der Waals surface area contributed by atoms with E-state index in [-0.39, 0.29) is 25.3 Å². The Kier molecular flexibility index (Phi) is 8.11. The molecule has 0 saturated heterocycles. The summed E-state index contributed by atoms with van der Waals surface area (Å²) >= 11 is 0. The van der Waals surface area contributed by atoms with Crippen molar-refractivity contribution in [2.75, 3.05) is 39.9 Å². The van der Waals surface area contributed by atoms with Crippen LogP contribution in [-0.4, -0.2) is 50.6 Å². The van der Waals surface area contributed by atoms with E-state index in [2.05, 4.69) is 15.3 Å². The summed E-state index contributed by atoms with van der Waals surface area (Å²) in [6.45, 7) is 1.97. The van der Waals surface area contributed by atoms with E-state index in [1.807, 2.05) is 0 Å². The number of aromatic nitrogens is 2. The average molecular weight is 483 g/mol. The Labute approximate surface area is 194 Å². The molecule has 2 aromatic carbocycles. The Balaban J connectivity index is 1.98. The maximum Gasteiger partial charge on any atom is 0.419 e. The molecule has 3 aromatic rings. The van der Waals surface area contributed by atoms with Gasteiger partial charge in [0.1, 0.15) is 23.6 Å². The first-order valence-electron chi connectivity index (χ1n) is 10.3. The highest BCUT2D eigenvalue weighted by Crippen LogP contribution is 2.36. The monoisotopic (exact) mass is 483 g/mol. The van der Waals surface area contributed by atoms with Gasteiger partial charge in [0.25, 0.3) is 0 Å². The van der Waals surface area contributed by atoms with Crippen LogP contribution in [0.5, 0.6) is 11.5 Å². The van der Waals surface area contributed by atoms with E-state index in [4.69, 9.17) is 18.9 Å². The van der Waals surface area contributed by atoms with Crippen molar-refractivity contribution in [1.82, 2.24) is 9.97 Å². The molecular formula is C23H25F4N3O4. The summed E-state index contributed by atoms with van der Waals surface area (Å²) in [5, 5.41) is 3.44. The maximum absolute atomic E-state index is 14.5. The van der Waals surface area contributed by atoms with Gasteiger partial charge in [-0.15, -0.1) is 0 Å². The van der Waals surface area contributed by atoms with Crippen LogP contribution < -0.4 is 14.8 Å². The number of anilines is 1. The molecule has 0 saturated carbocycles. The molecule has 0 atom stereocenters. The van der Waals surface area contributed by atoms with Crippen molar-refractivity contribution >= 4 is 16.7 Å². The molecule has 0 unspecified atom stereocenters. The third kappa shape index (κ3) is 5.84. The molecule has 0 aliphatic rings. The second-order valence-corrected chi connectivity index (χ2v) is 7.42. The van der Waals surface area contributed by atoms with E-state index in [9.17, 15) is 17.6 Å². The quantitative estimate of drug-likeness (QED) is 0.417. The summed E-state index contributed by atoms with van der Waals surface area (Å²) in [5.74, 6) is 0.173. The Hall–Kier alpha value is -3.18. The number of alkyl halides is 3. The standard InChI is InChI=1S/C23H25F4N3O4/c1-13-29-18-9-19(33-4)20(34-15(11-31-2)12-32-3)8-16(18)22(30-13)28-10-14-6-5-7-17(21(14)24)23(25,26)27/h5-9,15H,10-12H2,1-4H3,(H,28,29,30). The second kappa shape index (κ2) is 10.8. The minimum absolute atomic E-state index is 0.149. The number of halogens is 4. The van der Waals surface area contributed by atoms with Crippen LogP contribution in [0.2, 0.25) is 0 Å². The van der Waals surface area contributed by atoms with Crippen LogP contribution in [0.4, 0.5) is 23.4 Å². The first kappa shape index (κ1) is 25.4. The molecule has 1 aromatic heterocycles. The first-order chi connectivity index (χ1) is 16.2. The summed E-state index contributed by atoms with van der Waals surface area (Å²) < 4.78 is 75.4. The zero-order valence-corrected chi connectivity index (χ0v) is 19.1. The zero-order chi connectivity index (χ0) is 24.9. The number of hydrogen-bond donors (Lipinski definition) is 1. The lowest BCUT2D eigenvalue weighted by atomic mass is 10.1. The molecule has 1 heterocycles. The predicted octanol–water partition coefficient (Wildman–Crippen LogP) is 4.76. The van der Waals surface area contributed by atoms with Crippen LogP contribution >= 0.6 is 0 Å². The lowest BCUT2D eigenvalue weighted by Crippen LogP contribution is -2.27. The van der Waals surface area contributed by atoms with Gasteiger partial charge in [-0.2, -0.15) is 13.2 Å². The van der Waals surface area contributed by atoms with Crippen LogP contribution in [0.25, 0.3) is 10.9 Å². The molecule has 0 bridgehead atoms. The summed E-state index contributed by atoms with van der Waals surface area (Å²) in [7, 11) is 4.56. The largest absolute Gasteiger partial charge is 0.493 e. The van der Waals surface area contributed by atoms with Gasteiger partial charge in [-0.05, 0) is 19.1 Å². The molecule has 7 nitrogen and oxygen atoms in total. The van der Waals surface area contributed by atoms with Gasteiger partial charge in [0.05, 0.1) is 31.4 Å². The molecule has 0 spiro atoms. The number of nitrogens with one attached hydrogen (secondary N) is 1. The molecule has 184 valence electrons. The third-order valence-corrected chi connectivity index (χ3v) is 4.92. The normalized spacial score (nSPS) is 11.8. The number of nitrogens with zero attached hydrogens (tertiary/aromatic N) is 2. The lowest BCUT2D eigenvalue weighted by molar-refractivity contribution is -0.140. The van der Waals surface area contributed by atoms with Gasteiger partial charge in [-0.25, -0.2) is 14.4 Å². The molecule has 11 heteroatoms. The fourth-order valence-corrected chi connectivity index (χ4v) is 3.42. The smallest absolute Gasteiger partial charge is 0.419 e. The summed E-state index contributed by atoms with van der Waals surface area (Å²) in [5.41, 5.74) is -0.957. The maximum atomic E-state index is 14.5. The Bertz CT molecular complexity index is 1140. The van der Waals surface area contributed by atoms with Crippen LogP contribution in [0, 0.1) is 12.7 Å². The van der Waals surface area contributed by atoms with E-state index in [0.717, 1.165) is 6.07 Å². The predicted molar refractivity (Wildman–Crippen MR) is 118 cm³/mol. The molecule has 0 aliphatic carbocycles. The Morgan fingerprint density at radius 2 is 1.71 bits per heavy atom. The van der Waals surface area contributed by atoms with Crippen LogP contribution in [0.1, 0.15) is 17.0 Å². The van der Waals surface area contributed by atoms with E-state index in [0.29, 0.717) is 40.1 Å². The van der Waals surface area contributed by atoms with Gasteiger partial charge < -0.3 is 24.3 Å². The number of hydrogen-bond acceptors (Lipinski definition) is 7. The van der Waals surface area contributed by atoms with E-state index in [1.165, 1.54) is 27.4 Å². The number of rotatable bonds is 10. The van der Waals surface area contributed by atoms with E-state index in [1.54, 1.807) is 19.1 Å². The van der Waals surface area contributed by atoms with Crippen LogP contribution in [-0.2, 0) is 22.2 Å². The van der Waals surface area contributed by atoms with Crippen molar-refractivity contribution in [2.24, 2.45) is 0 Å². The highest BCUT2D eigenvalue weighted by Gasteiger charge is 2.34. The number of methoxy groups -OCH3 is 3. The fourth-order valence-electron chi connectivity index (χ4n) is 3.42. The number of fused-ring (bicyclic) bond motifs is 1. The molecule has 0 radical (unpaired) electrons. The average Bonchev–Trinajstić information content (AvgIpc) is 2.77. The number of benzene rings is 2. The van der Waals surface area contributed by atoms with Gasteiger partial charge in [0.15, 0.2) is 11.5 Å². The summed E-state index contributed by atoms with van der Waals surface area (Å²) in [6.07, 6.45) is -5.22. The van der Waals surface area contributed by atoms with Crippen molar-refractivity contribution in [1.29, 1.82) is 0 Å². The molecule has 0 amide bonds. The SMILES string of the molecule is COCC(COC)Oc1cc2c(NCc3cccc(C(F)(F)F)c3F)nc(C)nc2cc1OC. The third-order valence-electron chi connectivity index (χ3n) is 4.92.